The summed E-state index contributed by atoms with van der Waals surface area (Å²) < 4.78 is 12.4. The van der Waals surface area contributed by atoms with Gasteiger partial charge in [-0.1, -0.05) is 48.5 Å². The first kappa shape index (κ1) is 24.6. The smallest absolute Gasteiger partial charge is 0.311 e. The van der Waals surface area contributed by atoms with Crippen molar-refractivity contribution in [2.24, 2.45) is 11.8 Å². The molecule has 0 bridgehead atoms. The summed E-state index contributed by atoms with van der Waals surface area (Å²) >= 11 is 0. The van der Waals surface area contributed by atoms with Crippen molar-refractivity contribution in [3.63, 3.8) is 0 Å². The quantitative estimate of drug-likeness (QED) is 0.448. The number of esters is 1. The molecule has 0 saturated carbocycles. The fraction of sp³-hybridized carbons (Fsp3) is 0.950. The van der Waals surface area contributed by atoms with Crippen LogP contribution in [0, 0.1) is 11.8 Å². The number of carbonyl (C=O) groups excluding carboxylic acids is 1. The van der Waals surface area contributed by atoms with Gasteiger partial charge in [0, 0.05) is 12.5 Å². The fourth-order valence-electron chi connectivity index (χ4n) is 3.99. The zero-order valence-electron chi connectivity index (χ0n) is 18.3. The van der Waals surface area contributed by atoms with Gasteiger partial charge in [-0.3, -0.25) is 4.79 Å². The average Bonchev–Trinajstić information content (AvgIpc) is 2.43. The third kappa shape index (κ3) is 6.37. The van der Waals surface area contributed by atoms with Crippen molar-refractivity contribution in [2.45, 2.75) is 104 Å². The van der Waals surface area contributed by atoms with E-state index >= 15 is 0 Å². The second-order valence-corrected chi connectivity index (χ2v) is 14.8. The van der Waals surface area contributed by atoms with Gasteiger partial charge in [-0.15, -0.1) is 0 Å². The van der Waals surface area contributed by atoms with Gasteiger partial charge in [0.15, 0.2) is 0 Å². The molecular weight excluding hydrogens is 332 g/mol. The summed E-state index contributed by atoms with van der Waals surface area (Å²) in [5.41, 5.74) is 0.742. The minimum Gasteiger partial charge on any atom is -0.460 e. The molecule has 0 amide bonds. The Kier molecular flexibility index (Phi) is 9.37. The Morgan fingerprint density at radius 3 is 1.60 bits per heavy atom. The van der Waals surface area contributed by atoms with Gasteiger partial charge in [0.2, 0.25) is 8.32 Å². The lowest BCUT2D eigenvalue weighted by atomic mass is 9.94. The molecule has 0 rings (SSSR count). The number of rotatable bonds is 9. The first-order chi connectivity index (χ1) is 11.2. The zero-order chi connectivity index (χ0) is 20.2. The molecule has 0 aliphatic carbocycles. The van der Waals surface area contributed by atoms with E-state index in [2.05, 4.69) is 41.5 Å². The highest BCUT2D eigenvalue weighted by molar-refractivity contribution is 6.77. The SMILES string of the molecule is CC(C)[Si](O[C@H]([C@@H](C)CO)[C@@H](C)C(=O)OC(C)(C)C)(C(C)C)C(C)C. The number of carbonyl (C=O) groups is 1. The predicted octanol–water partition coefficient (Wildman–Crippen LogP) is 5.15. The molecule has 0 spiro atoms. The van der Waals surface area contributed by atoms with E-state index in [1.807, 2.05) is 34.6 Å². The van der Waals surface area contributed by atoms with Crippen LogP contribution in [0.15, 0.2) is 0 Å². The van der Waals surface area contributed by atoms with Gasteiger partial charge < -0.3 is 14.3 Å². The molecule has 0 aromatic rings. The van der Waals surface area contributed by atoms with Crippen molar-refractivity contribution in [3.8, 4) is 0 Å². The molecule has 0 aromatic heterocycles. The van der Waals surface area contributed by atoms with Crippen LogP contribution >= 0.6 is 0 Å². The van der Waals surface area contributed by atoms with Crippen LogP contribution in [0.5, 0.6) is 0 Å². The second kappa shape index (κ2) is 9.52. The number of aliphatic hydroxyl groups excluding tert-OH is 1. The van der Waals surface area contributed by atoms with E-state index in [9.17, 15) is 9.90 Å². The standard InChI is InChI=1S/C20H42O4Si/c1-13(2)25(14(3)4,15(5)6)24-18(16(7)12-21)17(8)19(22)23-20(9,10)11/h13-18,21H,12H2,1-11H3/t16-,17+,18+/m0/s1. The van der Waals surface area contributed by atoms with E-state index < -0.39 is 19.8 Å². The van der Waals surface area contributed by atoms with Gasteiger partial charge >= 0.3 is 5.97 Å². The number of ether oxygens (including phenoxy) is 1. The molecule has 0 saturated heterocycles. The molecule has 0 aromatic carbocycles. The molecule has 0 radical (unpaired) electrons. The second-order valence-electron chi connectivity index (χ2n) is 9.38. The fourth-order valence-corrected chi connectivity index (χ4v) is 9.71. The molecule has 0 unspecified atom stereocenters. The van der Waals surface area contributed by atoms with Crippen LogP contribution in [-0.2, 0) is 14.0 Å². The summed E-state index contributed by atoms with van der Waals surface area (Å²) in [6.45, 7) is 22.8. The lowest BCUT2D eigenvalue weighted by Gasteiger charge is -2.46. The number of hydrogen-bond acceptors (Lipinski definition) is 4. The van der Waals surface area contributed by atoms with E-state index in [1.54, 1.807) is 0 Å². The van der Waals surface area contributed by atoms with Crippen molar-refractivity contribution in [1.82, 2.24) is 0 Å². The Balaban J connectivity index is 5.77. The van der Waals surface area contributed by atoms with Crippen LogP contribution < -0.4 is 0 Å². The van der Waals surface area contributed by atoms with E-state index in [-0.39, 0.29) is 24.6 Å². The van der Waals surface area contributed by atoms with Crippen molar-refractivity contribution in [2.75, 3.05) is 6.61 Å². The van der Waals surface area contributed by atoms with Crippen molar-refractivity contribution in [1.29, 1.82) is 0 Å². The topological polar surface area (TPSA) is 55.8 Å². The largest absolute Gasteiger partial charge is 0.460 e. The highest BCUT2D eigenvalue weighted by Crippen LogP contribution is 2.44. The van der Waals surface area contributed by atoms with Gasteiger partial charge in [0.25, 0.3) is 0 Å². The van der Waals surface area contributed by atoms with Crippen LogP contribution in [0.3, 0.4) is 0 Å². The lowest BCUT2D eigenvalue weighted by molar-refractivity contribution is -0.164. The van der Waals surface area contributed by atoms with Crippen LogP contribution in [0.25, 0.3) is 0 Å². The summed E-state index contributed by atoms with van der Waals surface area (Å²) in [6, 6.07) is 0. The molecule has 4 nitrogen and oxygen atoms in total. The Morgan fingerprint density at radius 1 is 0.920 bits per heavy atom. The van der Waals surface area contributed by atoms with Crippen LogP contribution in [0.4, 0.5) is 0 Å². The Hall–Kier alpha value is -0.393. The Morgan fingerprint density at radius 2 is 1.32 bits per heavy atom. The molecule has 25 heavy (non-hydrogen) atoms. The molecule has 0 aliphatic heterocycles. The average molecular weight is 375 g/mol. The summed E-state index contributed by atoms with van der Waals surface area (Å²) in [7, 11) is -2.16. The zero-order valence-corrected chi connectivity index (χ0v) is 19.3. The Labute approximate surface area is 156 Å². The summed E-state index contributed by atoms with van der Waals surface area (Å²) in [4.78, 5) is 12.6. The molecule has 3 atom stereocenters. The predicted molar refractivity (Wildman–Crippen MR) is 107 cm³/mol. The third-order valence-corrected chi connectivity index (χ3v) is 11.3. The lowest BCUT2D eigenvalue weighted by Crippen LogP contribution is -2.54. The number of hydrogen-bond donors (Lipinski definition) is 1. The van der Waals surface area contributed by atoms with Crippen molar-refractivity contribution >= 4 is 14.3 Å². The van der Waals surface area contributed by atoms with Gasteiger partial charge in [0.1, 0.15) is 5.60 Å². The van der Waals surface area contributed by atoms with Crippen molar-refractivity contribution in [3.05, 3.63) is 0 Å². The van der Waals surface area contributed by atoms with Gasteiger partial charge in [-0.05, 0) is 44.3 Å². The number of aliphatic hydroxyl groups is 1. The maximum absolute atomic E-state index is 12.6. The molecule has 1 N–H and O–H groups in total. The van der Waals surface area contributed by atoms with Gasteiger partial charge in [-0.25, -0.2) is 0 Å². The monoisotopic (exact) mass is 374 g/mol. The van der Waals surface area contributed by atoms with Gasteiger partial charge in [0.05, 0.1) is 12.0 Å². The summed E-state index contributed by atoms with van der Waals surface area (Å²) in [5.74, 6) is -0.785. The highest BCUT2D eigenvalue weighted by Gasteiger charge is 2.49. The van der Waals surface area contributed by atoms with E-state index in [0.29, 0.717) is 16.6 Å². The minimum absolute atomic E-state index is 0.00340. The molecule has 5 heteroatoms. The van der Waals surface area contributed by atoms with Crippen molar-refractivity contribution < 1.29 is 19.1 Å². The van der Waals surface area contributed by atoms with Gasteiger partial charge in [-0.2, -0.15) is 0 Å². The van der Waals surface area contributed by atoms with Crippen LogP contribution in [0.2, 0.25) is 16.6 Å². The molecule has 0 aliphatic rings. The molecular formula is C20H42O4Si. The Bertz CT molecular complexity index is 391. The normalized spacial score (nSPS) is 17.1. The molecule has 0 fully saturated rings. The van der Waals surface area contributed by atoms with Crippen LogP contribution in [-0.4, -0.2) is 37.7 Å². The molecule has 150 valence electrons. The summed E-state index contributed by atoms with van der Waals surface area (Å²) in [5, 5.41) is 9.76. The third-order valence-electron chi connectivity index (χ3n) is 5.17. The highest BCUT2D eigenvalue weighted by atomic mass is 28.4. The van der Waals surface area contributed by atoms with E-state index in [0.717, 1.165) is 0 Å². The maximum Gasteiger partial charge on any atom is 0.311 e. The summed E-state index contributed by atoms with van der Waals surface area (Å²) in [6.07, 6.45) is -0.335. The van der Waals surface area contributed by atoms with Crippen LogP contribution in [0.1, 0.15) is 76.2 Å². The first-order valence-corrected chi connectivity index (χ1v) is 11.9. The van der Waals surface area contributed by atoms with E-state index in [4.69, 9.17) is 9.16 Å². The first-order valence-electron chi connectivity index (χ1n) is 9.72. The maximum atomic E-state index is 12.6. The minimum atomic E-state index is -2.16. The molecule has 0 heterocycles. The van der Waals surface area contributed by atoms with E-state index in [1.165, 1.54) is 0 Å².